The van der Waals surface area contributed by atoms with E-state index < -0.39 is 29.3 Å². The second kappa shape index (κ2) is 5.71. The lowest BCUT2D eigenvalue weighted by atomic mass is 9.81. The first-order valence-corrected chi connectivity index (χ1v) is 7.26. The van der Waals surface area contributed by atoms with Gasteiger partial charge in [-0.1, -0.05) is 47.6 Å². The van der Waals surface area contributed by atoms with Gasteiger partial charge in [-0.3, -0.25) is 0 Å². The largest absolute Gasteiger partial charge is 0.424 e. The molecule has 1 saturated carbocycles. The van der Waals surface area contributed by atoms with Crippen LogP contribution in [0.15, 0.2) is 47.0 Å². The first kappa shape index (κ1) is 16.7. The molecule has 5 nitrogen and oxygen atoms in total. The zero-order valence-corrected chi connectivity index (χ0v) is 12.5. The highest BCUT2D eigenvalue weighted by Crippen LogP contribution is 2.47. The number of nitrogens with zero attached hydrogens (tertiary/aromatic N) is 2. The van der Waals surface area contributed by atoms with E-state index in [1.165, 1.54) is 18.2 Å². The molecule has 0 aliphatic heterocycles. The summed E-state index contributed by atoms with van der Waals surface area (Å²) in [7, 11) is 0. The van der Waals surface area contributed by atoms with Crippen LogP contribution in [0.4, 0.5) is 13.2 Å². The lowest BCUT2D eigenvalue weighted by Gasteiger charge is -2.33. The zero-order valence-electron chi connectivity index (χ0n) is 12.5. The maximum Gasteiger partial charge on any atom is 0.424 e. The Morgan fingerprint density at radius 2 is 1.83 bits per heavy atom. The number of halogens is 3. The molecule has 0 spiro atoms. The molecule has 2 N–H and O–H groups in total. The Labute approximate surface area is 135 Å². The minimum Gasteiger partial charge on any atom is -0.380 e. The highest BCUT2D eigenvalue weighted by molar-refractivity contribution is 5.27. The van der Waals surface area contributed by atoms with Gasteiger partial charge in [0.2, 0.25) is 5.60 Å². The van der Waals surface area contributed by atoms with E-state index in [1.807, 2.05) is 0 Å². The number of allylic oxidation sites excluding steroid dienone is 1. The summed E-state index contributed by atoms with van der Waals surface area (Å²) in [5.74, 6) is -0.557. The fourth-order valence-electron chi connectivity index (χ4n) is 2.69. The van der Waals surface area contributed by atoms with Crippen molar-refractivity contribution >= 4 is 0 Å². The van der Waals surface area contributed by atoms with Crippen LogP contribution >= 0.6 is 0 Å². The molecule has 1 aromatic carbocycles. The van der Waals surface area contributed by atoms with E-state index in [0.717, 1.165) is 17.7 Å². The second-order valence-corrected chi connectivity index (χ2v) is 5.88. The third kappa shape index (κ3) is 2.61. The van der Waals surface area contributed by atoms with E-state index in [4.69, 9.17) is 4.52 Å². The van der Waals surface area contributed by atoms with Gasteiger partial charge in [-0.2, -0.15) is 18.2 Å². The van der Waals surface area contributed by atoms with Gasteiger partial charge < -0.3 is 14.7 Å². The molecule has 0 bridgehead atoms. The first-order chi connectivity index (χ1) is 11.2. The summed E-state index contributed by atoms with van der Waals surface area (Å²) in [6.07, 6.45) is -6.34. The standard InChI is InChI=1S/C16H15F3N2O3/c1-9-7-10(8-9)13-20-14(24-21-13)12(22)15(23,16(17,18)19)11-5-3-2-4-6-11/h2-6,10,12,22-23H,1,7-8H2. The molecular formula is C16H15F3N2O3. The molecule has 0 saturated heterocycles. The van der Waals surface area contributed by atoms with Gasteiger partial charge in [-0.15, -0.1) is 0 Å². The van der Waals surface area contributed by atoms with Crippen molar-refractivity contribution in [3.63, 3.8) is 0 Å². The van der Waals surface area contributed by atoms with Gasteiger partial charge in [0.1, 0.15) is 0 Å². The second-order valence-electron chi connectivity index (χ2n) is 5.88. The summed E-state index contributed by atoms with van der Waals surface area (Å²) in [4.78, 5) is 3.84. The normalized spacial score (nSPS) is 19.6. The maximum absolute atomic E-state index is 13.5. The van der Waals surface area contributed by atoms with Crippen LogP contribution in [0.2, 0.25) is 0 Å². The average Bonchev–Trinajstić information content (AvgIpc) is 2.99. The minimum atomic E-state index is -5.15. The molecule has 2 unspecified atom stereocenters. The summed E-state index contributed by atoms with van der Waals surface area (Å²) < 4.78 is 45.3. The van der Waals surface area contributed by atoms with Crippen molar-refractivity contribution < 1.29 is 27.9 Å². The number of benzene rings is 1. The van der Waals surface area contributed by atoms with Crippen molar-refractivity contribution in [2.75, 3.05) is 0 Å². The quantitative estimate of drug-likeness (QED) is 0.837. The third-order valence-electron chi connectivity index (χ3n) is 4.17. The Hall–Kier alpha value is -2.19. The molecule has 8 heteroatoms. The molecule has 2 atom stereocenters. The monoisotopic (exact) mass is 340 g/mol. The van der Waals surface area contributed by atoms with Crippen LogP contribution in [0, 0.1) is 0 Å². The van der Waals surface area contributed by atoms with E-state index >= 15 is 0 Å². The summed E-state index contributed by atoms with van der Waals surface area (Å²) >= 11 is 0. The number of alkyl halides is 3. The predicted molar refractivity (Wildman–Crippen MR) is 76.8 cm³/mol. The lowest BCUT2D eigenvalue weighted by molar-refractivity contribution is -0.303. The maximum atomic E-state index is 13.5. The Balaban J connectivity index is 1.95. The topological polar surface area (TPSA) is 79.4 Å². The molecule has 3 rings (SSSR count). The Morgan fingerprint density at radius 3 is 2.38 bits per heavy atom. The van der Waals surface area contributed by atoms with Gasteiger partial charge in [-0.25, -0.2) is 0 Å². The smallest absolute Gasteiger partial charge is 0.380 e. The van der Waals surface area contributed by atoms with Crippen molar-refractivity contribution in [3.05, 3.63) is 59.8 Å². The molecule has 1 heterocycles. The van der Waals surface area contributed by atoms with Crippen molar-refractivity contribution in [2.45, 2.75) is 36.6 Å². The summed E-state index contributed by atoms with van der Waals surface area (Å²) in [5.41, 5.74) is -3.08. The van der Waals surface area contributed by atoms with Crippen LogP contribution in [0.3, 0.4) is 0 Å². The first-order valence-electron chi connectivity index (χ1n) is 7.26. The van der Waals surface area contributed by atoms with Gasteiger partial charge in [-0.05, 0) is 18.4 Å². The minimum absolute atomic E-state index is 0.0853. The van der Waals surface area contributed by atoms with Gasteiger partial charge in [0.15, 0.2) is 11.9 Å². The predicted octanol–water partition coefficient (Wildman–Crippen LogP) is 2.99. The molecule has 0 radical (unpaired) electrons. The Morgan fingerprint density at radius 1 is 1.21 bits per heavy atom. The Kier molecular flexibility index (Phi) is 3.97. The molecule has 0 amide bonds. The molecule has 128 valence electrons. The van der Waals surface area contributed by atoms with E-state index in [0.29, 0.717) is 12.8 Å². The number of hydrogen-bond acceptors (Lipinski definition) is 5. The fraction of sp³-hybridized carbons (Fsp3) is 0.375. The molecule has 1 fully saturated rings. The van der Waals surface area contributed by atoms with Crippen molar-refractivity contribution in [3.8, 4) is 0 Å². The summed E-state index contributed by atoms with van der Waals surface area (Å²) in [6.45, 7) is 3.76. The molecule has 2 aromatic rings. The zero-order chi connectivity index (χ0) is 17.5. The van der Waals surface area contributed by atoms with Crippen LogP contribution in [0.1, 0.15) is 42.1 Å². The number of aliphatic hydroxyl groups is 2. The van der Waals surface area contributed by atoms with Crippen molar-refractivity contribution in [1.29, 1.82) is 0 Å². The van der Waals surface area contributed by atoms with Crippen LogP contribution in [0.5, 0.6) is 0 Å². The van der Waals surface area contributed by atoms with Gasteiger partial charge >= 0.3 is 6.18 Å². The number of hydrogen-bond donors (Lipinski definition) is 2. The van der Waals surface area contributed by atoms with Crippen LogP contribution in [-0.2, 0) is 5.60 Å². The fourth-order valence-corrected chi connectivity index (χ4v) is 2.69. The van der Waals surface area contributed by atoms with E-state index in [9.17, 15) is 23.4 Å². The van der Waals surface area contributed by atoms with Gasteiger partial charge in [0.05, 0.1) is 0 Å². The van der Waals surface area contributed by atoms with Crippen molar-refractivity contribution in [2.24, 2.45) is 0 Å². The van der Waals surface area contributed by atoms with Crippen LogP contribution < -0.4 is 0 Å². The van der Waals surface area contributed by atoms with E-state index in [-0.39, 0.29) is 11.7 Å². The van der Waals surface area contributed by atoms with Crippen LogP contribution in [-0.4, -0.2) is 26.5 Å². The lowest BCUT2D eigenvalue weighted by Crippen LogP contribution is -2.47. The van der Waals surface area contributed by atoms with E-state index in [1.54, 1.807) is 0 Å². The molecule has 1 aliphatic carbocycles. The molecule has 1 aromatic heterocycles. The van der Waals surface area contributed by atoms with E-state index in [2.05, 4.69) is 16.7 Å². The number of aliphatic hydroxyl groups excluding tert-OH is 1. The SMILES string of the molecule is C=C1CC(c2noc(C(O)C(O)(c3ccccc3)C(F)(F)F)n2)C1. The van der Waals surface area contributed by atoms with Gasteiger partial charge in [0.25, 0.3) is 5.89 Å². The van der Waals surface area contributed by atoms with Crippen LogP contribution in [0.25, 0.3) is 0 Å². The highest BCUT2D eigenvalue weighted by atomic mass is 19.4. The van der Waals surface area contributed by atoms with Gasteiger partial charge in [0, 0.05) is 5.92 Å². The molecule has 24 heavy (non-hydrogen) atoms. The average molecular weight is 340 g/mol. The summed E-state index contributed by atoms with van der Waals surface area (Å²) in [6, 6.07) is 6.31. The summed E-state index contributed by atoms with van der Waals surface area (Å²) in [5, 5.41) is 24.1. The Bertz CT molecular complexity index is 737. The number of rotatable bonds is 4. The molecule has 1 aliphatic rings. The third-order valence-corrected chi connectivity index (χ3v) is 4.17. The van der Waals surface area contributed by atoms with Crippen molar-refractivity contribution in [1.82, 2.24) is 10.1 Å². The number of aromatic nitrogens is 2. The molecular weight excluding hydrogens is 325 g/mol. The highest BCUT2D eigenvalue weighted by Gasteiger charge is 2.61.